The zero-order valence-corrected chi connectivity index (χ0v) is 25.7. The normalized spacial score (nSPS) is 15.0. The molecule has 0 aliphatic carbocycles. The van der Waals surface area contributed by atoms with Crippen LogP contribution in [0.1, 0.15) is 72.8 Å². The second-order valence-electron chi connectivity index (χ2n) is 11.4. The Labute approximate surface area is 248 Å². The number of alkyl carbamates (subject to hydrolysis) is 1. The maximum absolute atomic E-state index is 14.2. The Morgan fingerprint density at radius 3 is 2.17 bits per heavy atom. The molecule has 236 valence electrons. The van der Waals surface area contributed by atoms with E-state index in [-0.39, 0.29) is 12.8 Å². The third-order valence-corrected chi connectivity index (χ3v) is 6.57. The Kier molecular flexibility index (Phi) is 15.2. The lowest BCUT2D eigenvalue weighted by molar-refractivity contribution is -0.155. The number of hydrogen-bond acceptors (Lipinski definition) is 8. The van der Waals surface area contributed by atoms with Gasteiger partial charge in [0.25, 0.3) is 5.91 Å². The lowest BCUT2D eigenvalue weighted by Gasteiger charge is -2.35. The van der Waals surface area contributed by atoms with Gasteiger partial charge in [0.1, 0.15) is 23.7 Å². The van der Waals surface area contributed by atoms with E-state index in [2.05, 4.69) is 10.6 Å². The first-order valence-electron chi connectivity index (χ1n) is 14.2. The molecular weight excluding hydrogens is 546 g/mol. The molecule has 0 heterocycles. The predicted molar refractivity (Wildman–Crippen MR) is 155 cm³/mol. The maximum Gasteiger partial charge on any atom is 0.408 e. The molecule has 5 atom stereocenters. The highest BCUT2D eigenvalue weighted by Crippen LogP contribution is 2.20. The fourth-order valence-electron chi connectivity index (χ4n) is 4.09. The van der Waals surface area contributed by atoms with Gasteiger partial charge in [-0.2, -0.15) is 0 Å². The number of aliphatic hydroxyl groups excluding tert-OH is 1. The quantitative estimate of drug-likeness (QED) is 0.210. The van der Waals surface area contributed by atoms with Crippen LogP contribution >= 0.6 is 0 Å². The number of carbonyl (C=O) groups excluding carboxylic acids is 4. The van der Waals surface area contributed by atoms with Crippen LogP contribution in [0.5, 0.6) is 0 Å². The van der Waals surface area contributed by atoms with Crippen molar-refractivity contribution in [1.82, 2.24) is 15.5 Å². The SMILES string of the molecule is CC[C@H](C)[C@@H](NC(=O)OC(C)(C)C)C(=O)N(C(=O)C[C@@H](O)CCCOC)[C@H](Cc1ccccc1)C(=O)N[C@H](C)C(=O)O. The number of carboxylic acids is 1. The molecule has 1 aromatic rings. The number of benzene rings is 1. The number of nitrogens with one attached hydrogen (secondary N) is 2. The largest absolute Gasteiger partial charge is 0.480 e. The summed E-state index contributed by atoms with van der Waals surface area (Å²) in [5, 5.41) is 24.9. The molecule has 4 N–H and O–H groups in total. The molecule has 0 aliphatic rings. The van der Waals surface area contributed by atoms with Crippen molar-refractivity contribution in [3.8, 4) is 0 Å². The highest BCUT2D eigenvalue weighted by Gasteiger charge is 2.41. The van der Waals surface area contributed by atoms with Gasteiger partial charge in [0, 0.05) is 20.1 Å². The highest BCUT2D eigenvalue weighted by molar-refractivity contribution is 6.03. The van der Waals surface area contributed by atoms with Gasteiger partial charge < -0.3 is 30.3 Å². The predicted octanol–water partition coefficient (Wildman–Crippen LogP) is 2.66. The minimum absolute atomic E-state index is 0.129. The Balaban J connectivity index is 3.62. The lowest BCUT2D eigenvalue weighted by atomic mass is 9.95. The average molecular weight is 594 g/mol. The zero-order valence-electron chi connectivity index (χ0n) is 25.7. The van der Waals surface area contributed by atoms with Crippen molar-refractivity contribution in [2.75, 3.05) is 13.7 Å². The van der Waals surface area contributed by atoms with E-state index in [1.165, 1.54) is 14.0 Å². The van der Waals surface area contributed by atoms with Gasteiger partial charge in [-0.3, -0.25) is 24.1 Å². The van der Waals surface area contributed by atoms with Gasteiger partial charge in [-0.25, -0.2) is 4.79 Å². The summed E-state index contributed by atoms with van der Waals surface area (Å²) in [6.45, 7) is 10.1. The summed E-state index contributed by atoms with van der Waals surface area (Å²) in [6.07, 6.45) is -1.53. The van der Waals surface area contributed by atoms with Gasteiger partial charge >= 0.3 is 12.1 Å². The number of carboxylic acid groups (broad SMARTS) is 1. The van der Waals surface area contributed by atoms with Crippen LogP contribution in [-0.4, -0.2) is 88.4 Å². The van der Waals surface area contributed by atoms with Crippen molar-refractivity contribution in [2.24, 2.45) is 5.92 Å². The van der Waals surface area contributed by atoms with Crippen LogP contribution in [0.2, 0.25) is 0 Å². The number of aliphatic carboxylic acids is 1. The summed E-state index contributed by atoms with van der Waals surface area (Å²) in [7, 11) is 1.51. The molecule has 12 nitrogen and oxygen atoms in total. The second-order valence-corrected chi connectivity index (χ2v) is 11.4. The van der Waals surface area contributed by atoms with Crippen LogP contribution in [0, 0.1) is 5.92 Å². The minimum atomic E-state index is -1.48. The van der Waals surface area contributed by atoms with Gasteiger partial charge in [-0.1, -0.05) is 50.6 Å². The molecule has 0 saturated heterocycles. The van der Waals surface area contributed by atoms with Crippen LogP contribution < -0.4 is 10.6 Å². The van der Waals surface area contributed by atoms with E-state index in [9.17, 15) is 34.2 Å². The first kappa shape index (κ1) is 36.5. The molecule has 0 saturated carbocycles. The summed E-state index contributed by atoms with van der Waals surface area (Å²) >= 11 is 0. The molecule has 4 amide bonds. The molecule has 42 heavy (non-hydrogen) atoms. The van der Waals surface area contributed by atoms with Crippen LogP contribution in [0.15, 0.2) is 30.3 Å². The van der Waals surface area contributed by atoms with E-state index in [0.717, 1.165) is 4.90 Å². The lowest BCUT2D eigenvalue weighted by Crippen LogP contribution is -2.61. The third-order valence-electron chi connectivity index (χ3n) is 6.57. The van der Waals surface area contributed by atoms with Crippen LogP contribution in [0.3, 0.4) is 0 Å². The summed E-state index contributed by atoms with van der Waals surface area (Å²) < 4.78 is 10.4. The monoisotopic (exact) mass is 593 g/mol. The van der Waals surface area contributed by atoms with Gasteiger partial charge in [0.2, 0.25) is 11.8 Å². The minimum Gasteiger partial charge on any atom is -0.480 e. The molecule has 0 bridgehead atoms. The van der Waals surface area contributed by atoms with Gasteiger partial charge in [-0.05, 0) is 52.0 Å². The number of ether oxygens (including phenoxy) is 2. The first-order valence-corrected chi connectivity index (χ1v) is 14.2. The molecule has 0 spiro atoms. The summed E-state index contributed by atoms with van der Waals surface area (Å²) in [5.74, 6) is -4.37. The molecule has 1 aromatic carbocycles. The van der Waals surface area contributed by atoms with Crippen LogP contribution in [0.25, 0.3) is 0 Å². The molecular formula is C30H47N3O9. The Morgan fingerprint density at radius 2 is 1.64 bits per heavy atom. The van der Waals surface area contributed by atoms with E-state index < -0.39 is 72.0 Å². The van der Waals surface area contributed by atoms with E-state index in [4.69, 9.17) is 9.47 Å². The molecule has 0 fully saturated rings. The number of rotatable bonds is 16. The van der Waals surface area contributed by atoms with E-state index in [1.807, 2.05) is 0 Å². The fourth-order valence-corrected chi connectivity index (χ4v) is 4.09. The molecule has 12 heteroatoms. The van der Waals surface area contributed by atoms with Crippen molar-refractivity contribution >= 4 is 29.8 Å². The van der Waals surface area contributed by atoms with Gasteiger partial charge in [0.05, 0.1) is 12.5 Å². The van der Waals surface area contributed by atoms with Crippen molar-refractivity contribution in [3.05, 3.63) is 35.9 Å². The number of nitrogens with zero attached hydrogens (tertiary/aromatic N) is 1. The summed E-state index contributed by atoms with van der Waals surface area (Å²) in [4.78, 5) is 66.6. The van der Waals surface area contributed by atoms with Gasteiger partial charge in [0.15, 0.2) is 0 Å². The third kappa shape index (κ3) is 12.6. The van der Waals surface area contributed by atoms with E-state index in [1.54, 1.807) is 65.0 Å². The number of methoxy groups -OCH3 is 1. The maximum atomic E-state index is 14.2. The molecule has 0 unspecified atom stereocenters. The number of imide groups is 1. The molecule has 0 radical (unpaired) electrons. The smallest absolute Gasteiger partial charge is 0.408 e. The second kappa shape index (κ2) is 17.4. The standard InChI is InChI=1S/C30H47N3O9/c1-8-19(2)25(32-29(40)42-30(4,5)6)27(37)33(24(35)18-22(34)15-12-16-41-7)23(17-21-13-10-9-11-14-21)26(36)31-20(3)28(38)39/h9-11,13-14,19-20,22-23,25,34H,8,12,15-18H2,1-7H3,(H,31,36)(H,32,40)(H,38,39)/t19-,20+,22-,23+,25+/m0/s1. The molecule has 1 rings (SSSR count). The Hall–Kier alpha value is -3.51. The van der Waals surface area contributed by atoms with E-state index in [0.29, 0.717) is 25.0 Å². The Morgan fingerprint density at radius 1 is 1.02 bits per heavy atom. The topological polar surface area (TPSA) is 172 Å². The fraction of sp³-hybridized carbons (Fsp3) is 0.633. The molecule has 0 aromatic heterocycles. The van der Waals surface area contributed by atoms with Gasteiger partial charge in [-0.15, -0.1) is 0 Å². The first-order chi connectivity index (χ1) is 19.6. The van der Waals surface area contributed by atoms with Crippen molar-refractivity contribution in [2.45, 2.75) is 103 Å². The number of amides is 4. The Bertz CT molecular complexity index is 1040. The molecule has 0 aliphatic heterocycles. The zero-order chi connectivity index (χ0) is 32.0. The van der Waals surface area contributed by atoms with E-state index >= 15 is 0 Å². The van der Waals surface area contributed by atoms with Crippen LogP contribution in [0.4, 0.5) is 4.79 Å². The van der Waals surface area contributed by atoms with Crippen LogP contribution in [-0.2, 0) is 35.1 Å². The summed E-state index contributed by atoms with van der Waals surface area (Å²) in [6, 6.07) is 4.58. The van der Waals surface area contributed by atoms with Crippen molar-refractivity contribution in [3.63, 3.8) is 0 Å². The summed E-state index contributed by atoms with van der Waals surface area (Å²) in [5.41, 5.74) is -0.260. The van der Waals surface area contributed by atoms with Crippen molar-refractivity contribution in [1.29, 1.82) is 0 Å². The number of hydrogen-bond donors (Lipinski definition) is 4. The highest BCUT2D eigenvalue weighted by atomic mass is 16.6. The number of carbonyl (C=O) groups is 5. The van der Waals surface area contributed by atoms with Crippen molar-refractivity contribution < 1.29 is 43.7 Å². The number of aliphatic hydroxyl groups is 1. The average Bonchev–Trinajstić information content (AvgIpc) is 2.90.